The number of rotatable bonds is 6. The molecule has 0 saturated heterocycles. The second kappa shape index (κ2) is 6.21. The Morgan fingerprint density at radius 2 is 1.73 bits per heavy atom. The summed E-state index contributed by atoms with van der Waals surface area (Å²) in [5.74, 6) is 5.75. The molecule has 0 N–H and O–H groups in total. The van der Waals surface area contributed by atoms with Gasteiger partial charge < -0.3 is 0 Å². The number of unbranched alkanes of at least 4 members (excludes halogenated alkanes) is 2. The monoisotopic (exact) mass is 268 g/mol. The number of hydrogen-bond acceptors (Lipinski definition) is 1. The second-order valence-electron chi connectivity index (χ2n) is 4.63. The molecule has 0 spiro atoms. The van der Waals surface area contributed by atoms with Crippen molar-refractivity contribution in [2.45, 2.75) is 43.0 Å². The first-order valence-electron chi connectivity index (χ1n) is 5.88. The van der Waals surface area contributed by atoms with Gasteiger partial charge in [-0.3, -0.25) is 0 Å². The Bertz CT molecular complexity index is 269. The van der Waals surface area contributed by atoms with Crippen molar-refractivity contribution in [1.29, 1.82) is 0 Å². The van der Waals surface area contributed by atoms with Crippen LogP contribution < -0.4 is 3.76 Å². The van der Waals surface area contributed by atoms with Crippen molar-refractivity contribution in [2.24, 2.45) is 0 Å². The van der Waals surface area contributed by atoms with Crippen LogP contribution in [0, 0.1) is 0 Å². The molecular weight excluding hydrogens is 245 g/mol. The maximum atomic E-state index is 6.14. The molecule has 0 aliphatic carbocycles. The van der Waals surface area contributed by atoms with E-state index in [4.69, 9.17) is 3.76 Å². The van der Waals surface area contributed by atoms with Gasteiger partial charge in [0, 0.05) is 0 Å². The van der Waals surface area contributed by atoms with Crippen molar-refractivity contribution in [2.75, 3.05) is 0 Å². The van der Waals surface area contributed by atoms with E-state index in [0.29, 0.717) is 0 Å². The summed E-state index contributed by atoms with van der Waals surface area (Å²) in [6, 6.07) is 10.2. The fourth-order valence-corrected chi connectivity index (χ4v) is 5.81. The standard InChI is InChI=1S/C13H22GeO/c1-4-5-9-12-14(2,3)15-13-10-7-6-8-11-13/h6-8,10-11H,4-5,9,12H2,1-3H3. The van der Waals surface area contributed by atoms with Gasteiger partial charge in [0.15, 0.2) is 0 Å². The zero-order valence-corrected chi connectivity index (χ0v) is 12.2. The first-order chi connectivity index (χ1) is 7.14. The molecule has 15 heavy (non-hydrogen) atoms. The van der Waals surface area contributed by atoms with Crippen molar-refractivity contribution in [3.05, 3.63) is 30.3 Å². The van der Waals surface area contributed by atoms with Gasteiger partial charge in [0.25, 0.3) is 0 Å². The quantitative estimate of drug-likeness (QED) is 0.546. The fourth-order valence-electron chi connectivity index (χ4n) is 1.66. The summed E-state index contributed by atoms with van der Waals surface area (Å²) in [4.78, 5) is 0. The Kier molecular flexibility index (Phi) is 5.23. The molecule has 0 atom stereocenters. The number of para-hydroxylation sites is 1. The van der Waals surface area contributed by atoms with Crippen LogP contribution in [0.2, 0.25) is 16.8 Å². The summed E-state index contributed by atoms with van der Waals surface area (Å²) >= 11 is -1.98. The molecular formula is C13H22GeO. The van der Waals surface area contributed by atoms with Crippen LogP contribution in [0.25, 0.3) is 0 Å². The van der Waals surface area contributed by atoms with Crippen LogP contribution in [0.3, 0.4) is 0 Å². The third-order valence-corrected chi connectivity index (χ3v) is 7.44. The van der Waals surface area contributed by atoms with Crippen LogP contribution in [-0.2, 0) is 0 Å². The average Bonchev–Trinajstić information content (AvgIpc) is 2.18. The summed E-state index contributed by atoms with van der Waals surface area (Å²) in [5.41, 5.74) is 0. The summed E-state index contributed by atoms with van der Waals surface area (Å²) in [6.07, 6.45) is 3.97. The topological polar surface area (TPSA) is 9.23 Å². The minimum atomic E-state index is -1.98. The molecule has 1 nitrogen and oxygen atoms in total. The fraction of sp³-hybridized carbons (Fsp3) is 0.538. The van der Waals surface area contributed by atoms with E-state index in [1.54, 1.807) is 0 Å². The molecule has 2 heteroatoms. The molecule has 0 saturated carbocycles. The summed E-state index contributed by atoms with van der Waals surface area (Å²) < 4.78 is 6.14. The Morgan fingerprint density at radius 3 is 2.33 bits per heavy atom. The normalized spacial score (nSPS) is 11.4. The van der Waals surface area contributed by atoms with Gasteiger partial charge in [-0.15, -0.1) is 0 Å². The summed E-state index contributed by atoms with van der Waals surface area (Å²) in [7, 11) is 0. The molecule has 0 bridgehead atoms. The van der Waals surface area contributed by atoms with E-state index < -0.39 is 13.6 Å². The first kappa shape index (κ1) is 12.6. The van der Waals surface area contributed by atoms with Gasteiger partial charge >= 0.3 is 96.4 Å². The molecule has 0 fully saturated rings. The van der Waals surface area contributed by atoms with Crippen LogP contribution in [0.4, 0.5) is 0 Å². The van der Waals surface area contributed by atoms with E-state index in [2.05, 4.69) is 30.6 Å². The SMILES string of the molecule is CCCC[CH2][Ge]([CH3])([CH3])[O]c1ccccc1. The van der Waals surface area contributed by atoms with Crippen LogP contribution in [-0.4, -0.2) is 13.6 Å². The van der Waals surface area contributed by atoms with Gasteiger partial charge in [-0.2, -0.15) is 0 Å². The molecule has 0 aliphatic rings. The van der Waals surface area contributed by atoms with Gasteiger partial charge in [-0.1, -0.05) is 0 Å². The molecule has 0 unspecified atom stereocenters. The van der Waals surface area contributed by atoms with Gasteiger partial charge in [0.1, 0.15) is 0 Å². The zero-order chi connectivity index (χ0) is 11.1. The second-order valence-corrected chi connectivity index (χ2v) is 13.5. The maximum absolute atomic E-state index is 6.14. The van der Waals surface area contributed by atoms with E-state index in [0.717, 1.165) is 5.75 Å². The molecule has 0 heterocycles. The zero-order valence-electron chi connectivity index (χ0n) is 10.1. The molecule has 1 rings (SSSR count). The third kappa shape index (κ3) is 5.26. The molecule has 0 radical (unpaired) electrons. The van der Waals surface area contributed by atoms with E-state index in [9.17, 15) is 0 Å². The van der Waals surface area contributed by atoms with Crippen molar-refractivity contribution in [3.63, 3.8) is 0 Å². The van der Waals surface area contributed by atoms with E-state index in [-0.39, 0.29) is 0 Å². The third-order valence-electron chi connectivity index (χ3n) is 2.52. The predicted molar refractivity (Wildman–Crippen MR) is 68.9 cm³/mol. The Hall–Kier alpha value is -0.437. The van der Waals surface area contributed by atoms with Gasteiger partial charge in [-0.05, 0) is 0 Å². The summed E-state index contributed by atoms with van der Waals surface area (Å²) in [5, 5.41) is 1.31. The molecule has 84 valence electrons. The van der Waals surface area contributed by atoms with Crippen molar-refractivity contribution in [3.8, 4) is 5.75 Å². The molecule has 0 aromatic heterocycles. The Balaban J connectivity index is 2.42. The van der Waals surface area contributed by atoms with Crippen LogP contribution in [0.15, 0.2) is 30.3 Å². The van der Waals surface area contributed by atoms with Crippen LogP contribution in [0.5, 0.6) is 5.75 Å². The van der Waals surface area contributed by atoms with E-state index >= 15 is 0 Å². The molecule has 0 amide bonds. The molecule has 1 aromatic rings. The van der Waals surface area contributed by atoms with Gasteiger partial charge in [0.2, 0.25) is 0 Å². The first-order valence-corrected chi connectivity index (χ1v) is 12.4. The molecule has 0 aliphatic heterocycles. The predicted octanol–water partition coefficient (Wildman–Crippen LogP) is 4.46. The van der Waals surface area contributed by atoms with Crippen molar-refractivity contribution in [1.82, 2.24) is 0 Å². The van der Waals surface area contributed by atoms with Gasteiger partial charge in [0.05, 0.1) is 0 Å². The Labute approximate surface area is 96.5 Å². The van der Waals surface area contributed by atoms with Crippen LogP contribution in [0.1, 0.15) is 26.2 Å². The van der Waals surface area contributed by atoms with Crippen molar-refractivity contribution < 1.29 is 3.76 Å². The Morgan fingerprint density at radius 1 is 1.07 bits per heavy atom. The number of hydrogen-bond donors (Lipinski definition) is 0. The van der Waals surface area contributed by atoms with Crippen molar-refractivity contribution >= 4 is 13.6 Å². The average molecular weight is 267 g/mol. The van der Waals surface area contributed by atoms with Gasteiger partial charge in [-0.25, -0.2) is 0 Å². The van der Waals surface area contributed by atoms with E-state index in [1.165, 1.54) is 24.5 Å². The molecule has 1 aromatic carbocycles. The number of benzene rings is 1. The van der Waals surface area contributed by atoms with Crippen LogP contribution >= 0.6 is 0 Å². The summed E-state index contributed by atoms with van der Waals surface area (Å²) in [6.45, 7) is 2.25. The minimum absolute atomic E-state index is 1.05. The van der Waals surface area contributed by atoms with E-state index in [1.807, 2.05) is 18.2 Å².